The summed E-state index contributed by atoms with van der Waals surface area (Å²) in [5, 5.41) is 14.7. The lowest BCUT2D eigenvalue weighted by molar-refractivity contribution is 0.647. The first-order valence-corrected chi connectivity index (χ1v) is 18.6. The Kier molecular flexibility index (Phi) is 7.37. The molecular formula is C50H37N3. The average Bonchev–Trinajstić information content (AvgIpc) is 3.74. The molecule has 3 nitrogen and oxygen atoms in total. The minimum absolute atomic E-state index is 0.252. The molecule has 0 saturated heterocycles. The number of aryl methyl sites for hydroxylation is 1. The van der Waals surface area contributed by atoms with Crippen molar-refractivity contribution >= 4 is 54.8 Å². The monoisotopic (exact) mass is 679 g/mol. The molecule has 1 unspecified atom stereocenters. The standard InChI is InChI=1S/C50H37N3/c1-33-14-11-17-36(30-33)53-48-29-28-34(32-51)31-46(48)45-26-13-24-43(50(45)53)40-21-8-6-19-38(40)37-18-5-7-20-39(37)42-23-12-25-44-41-22-9-10-27-47(41)52(49(42)44)35-15-3-2-4-16-35/h2-6,8-15,17-19,21-31,35H,7,16,20H2,1H3. The van der Waals surface area contributed by atoms with Crippen molar-refractivity contribution in [1.29, 1.82) is 5.26 Å². The van der Waals surface area contributed by atoms with Crippen molar-refractivity contribution in [2.45, 2.75) is 32.2 Å². The Morgan fingerprint density at radius 3 is 2.21 bits per heavy atom. The number of allylic oxidation sites excluding steroid dienone is 8. The molecule has 3 heteroatoms. The van der Waals surface area contributed by atoms with Gasteiger partial charge in [-0.2, -0.15) is 5.26 Å². The van der Waals surface area contributed by atoms with Crippen LogP contribution in [0.3, 0.4) is 0 Å². The third-order valence-corrected chi connectivity index (χ3v) is 11.2. The quantitative estimate of drug-likeness (QED) is 0.178. The molecule has 0 radical (unpaired) electrons. The van der Waals surface area contributed by atoms with Gasteiger partial charge >= 0.3 is 0 Å². The first kappa shape index (κ1) is 31.1. The zero-order valence-electron chi connectivity index (χ0n) is 29.6. The molecule has 0 N–H and O–H groups in total. The summed E-state index contributed by atoms with van der Waals surface area (Å²) in [7, 11) is 0. The van der Waals surface area contributed by atoms with E-state index in [2.05, 4.69) is 174 Å². The predicted molar refractivity (Wildman–Crippen MR) is 222 cm³/mol. The molecular weight excluding hydrogens is 643 g/mol. The van der Waals surface area contributed by atoms with Gasteiger partial charge in [-0.1, -0.05) is 127 Å². The Balaban J connectivity index is 1.26. The van der Waals surface area contributed by atoms with Crippen LogP contribution in [0.15, 0.2) is 164 Å². The van der Waals surface area contributed by atoms with E-state index in [1.807, 2.05) is 12.1 Å². The summed E-state index contributed by atoms with van der Waals surface area (Å²) >= 11 is 0. The number of para-hydroxylation sites is 3. The number of benzene rings is 6. The van der Waals surface area contributed by atoms with Gasteiger partial charge in [-0.05, 0) is 90.4 Å². The third kappa shape index (κ3) is 4.94. The number of fused-ring (bicyclic) bond motifs is 6. The molecule has 6 aromatic carbocycles. The van der Waals surface area contributed by atoms with Crippen molar-refractivity contribution in [2.24, 2.45) is 0 Å². The van der Waals surface area contributed by atoms with E-state index in [4.69, 9.17) is 0 Å². The van der Waals surface area contributed by atoms with Crippen molar-refractivity contribution in [2.75, 3.05) is 0 Å². The summed E-state index contributed by atoms with van der Waals surface area (Å²) in [6.07, 6.45) is 16.6. The lowest BCUT2D eigenvalue weighted by Gasteiger charge is -2.24. The van der Waals surface area contributed by atoms with Crippen LogP contribution in [0, 0.1) is 18.3 Å². The molecule has 2 aliphatic rings. The second kappa shape index (κ2) is 12.5. The SMILES string of the molecule is Cc1cccc(-n2c3ccc(C#N)cc3c3cccc(-c4ccccc4C4=C(c5cccc6c7ccccc7n(C7C=CC=CC7)c56)CCC=C4)c32)c1. The van der Waals surface area contributed by atoms with Crippen LogP contribution < -0.4 is 0 Å². The summed E-state index contributed by atoms with van der Waals surface area (Å²) in [4.78, 5) is 0. The second-order valence-electron chi connectivity index (χ2n) is 14.3. The maximum Gasteiger partial charge on any atom is 0.0991 e. The van der Waals surface area contributed by atoms with Gasteiger partial charge < -0.3 is 9.13 Å². The van der Waals surface area contributed by atoms with Gasteiger partial charge in [-0.3, -0.25) is 0 Å². The zero-order valence-corrected chi connectivity index (χ0v) is 29.6. The van der Waals surface area contributed by atoms with E-state index >= 15 is 0 Å². The Morgan fingerprint density at radius 1 is 0.623 bits per heavy atom. The van der Waals surface area contributed by atoms with Crippen molar-refractivity contribution in [3.8, 4) is 22.9 Å². The van der Waals surface area contributed by atoms with Crippen LogP contribution in [-0.4, -0.2) is 9.13 Å². The van der Waals surface area contributed by atoms with E-state index in [0.29, 0.717) is 5.56 Å². The van der Waals surface area contributed by atoms with Crippen LogP contribution >= 0.6 is 0 Å². The maximum atomic E-state index is 9.88. The van der Waals surface area contributed by atoms with E-state index in [1.165, 1.54) is 60.8 Å². The Morgan fingerprint density at radius 2 is 1.38 bits per heavy atom. The fraction of sp³-hybridized carbons (Fsp3) is 0.100. The van der Waals surface area contributed by atoms with Crippen molar-refractivity contribution < 1.29 is 0 Å². The summed E-state index contributed by atoms with van der Waals surface area (Å²) in [5.74, 6) is 0. The van der Waals surface area contributed by atoms with Crippen LogP contribution in [0.2, 0.25) is 0 Å². The van der Waals surface area contributed by atoms with Crippen LogP contribution in [0.4, 0.5) is 0 Å². The number of nitrogens with zero attached hydrogens (tertiary/aromatic N) is 3. The van der Waals surface area contributed by atoms with Gasteiger partial charge in [-0.25, -0.2) is 0 Å². The summed E-state index contributed by atoms with van der Waals surface area (Å²) in [6, 6.07) is 48.8. The van der Waals surface area contributed by atoms with Gasteiger partial charge in [0.15, 0.2) is 0 Å². The topological polar surface area (TPSA) is 33.6 Å². The second-order valence-corrected chi connectivity index (χ2v) is 14.3. The number of nitriles is 1. The largest absolute Gasteiger partial charge is 0.333 e. The molecule has 0 spiro atoms. The highest BCUT2D eigenvalue weighted by atomic mass is 15.0. The molecule has 1 atom stereocenters. The molecule has 10 rings (SSSR count). The van der Waals surface area contributed by atoms with Gasteiger partial charge in [0.05, 0.1) is 34.2 Å². The molecule has 0 bridgehead atoms. The fourth-order valence-electron chi connectivity index (χ4n) is 8.94. The maximum absolute atomic E-state index is 9.88. The van der Waals surface area contributed by atoms with Gasteiger partial charge in [0.25, 0.3) is 0 Å². The Labute approximate surface area is 309 Å². The predicted octanol–water partition coefficient (Wildman–Crippen LogP) is 13.1. The lowest BCUT2D eigenvalue weighted by atomic mass is 9.84. The van der Waals surface area contributed by atoms with E-state index in [1.54, 1.807) is 0 Å². The Hall–Kier alpha value is -6.63. The van der Waals surface area contributed by atoms with E-state index in [-0.39, 0.29) is 6.04 Å². The molecule has 2 aromatic heterocycles. The third-order valence-electron chi connectivity index (χ3n) is 11.2. The van der Waals surface area contributed by atoms with Crippen LogP contribution in [0.25, 0.3) is 71.6 Å². The summed E-state index contributed by atoms with van der Waals surface area (Å²) in [6.45, 7) is 2.14. The van der Waals surface area contributed by atoms with Gasteiger partial charge in [0.2, 0.25) is 0 Å². The Bertz CT molecular complexity index is 2950. The van der Waals surface area contributed by atoms with E-state index in [0.717, 1.165) is 46.8 Å². The van der Waals surface area contributed by atoms with Crippen LogP contribution in [0.5, 0.6) is 0 Å². The molecule has 0 fully saturated rings. The molecule has 0 saturated carbocycles. The lowest BCUT2D eigenvalue weighted by Crippen LogP contribution is -2.08. The smallest absolute Gasteiger partial charge is 0.0991 e. The molecule has 252 valence electrons. The zero-order chi connectivity index (χ0) is 35.5. The number of hydrogen-bond donors (Lipinski definition) is 0. The summed E-state index contributed by atoms with van der Waals surface area (Å²) < 4.78 is 4.98. The number of aromatic nitrogens is 2. The average molecular weight is 680 g/mol. The minimum atomic E-state index is 0.252. The number of rotatable bonds is 5. The van der Waals surface area contributed by atoms with Gasteiger partial charge in [0, 0.05) is 43.9 Å². The molecule has 2 heterocycles. The first-order chi connectivity index (χ1) is 26.2. The van der Waals surface area contributed by atoms with E-state index in [9.17, 15) is 5.26 Å². The number of hydrogen-bond acceptors (Lipinski definition) is 1. The molecule has 2 aliphatic carbocycles. The van der Waals surface area contributed by atoms with Crippen molar-refractivity contribution in [1.82, 2.24) is 9.13 Å². The first-order valence-electron chi connectivity index (χ1n) is 18.6. The molecule has 0 amide bonds. The highest BCUT2D eigenvalue weighted by molar-refractivity contribution is 6.17. The van der Waals surface area contributed by atoms with Gasteiger partial charge in [-0.15, -0.1) is 0 Å². The highest BCUT2D eigenvalue weighted by Crippen LogP contribution is 2.46. The molecule has 53 heavy (non-hydrogen) atoms. The van der Waals surface area contributed by atoms with Crippen LogP contribution in [-0.2, 0) is 0 Å². The normalized spacial score (nSPS) is 15.7. The highest BCUT2D eigenvalue weighted by Gasteiger charge is 2.25. The van der Waals surface area contributed by atoms with Gasteiger partial charge in [0.1, 0.15) is 0 Å². The van der Waals surface area contributed by atoms with Crippen molar-refractivity contribution in [3.05, 3.63) is 186 Å². The summed E-state index contributed by atoms with van der Waals surface area (Å²) in [5.41, 5.74) is 15.4. The van der Waals surface area contributed by atoms with Crippen LogP contribution in [0.1, 0.15) is 47.6 Å². The van der Waals surface area contributed by atoms with Crippen molar-refractivity contribution in [3.63, 3.8) is 0 Å². The molecule has 8 aromatic rings. The van der Waals surface area contributed by atoms with E-state index < -0.39 is 0 Å². The molecule has 0 aliphatic heterocycles. The minimum Gasteiger partial charge on any atom is -0.333 e. The fourth-order valence-corrected chi connectivity index (χ4v) is 8.94.